The zero-order chi connectivity index (χ0) is 26.0. The maximum absolute atomic E-state index is 13.6. The van der Waals surface area contributed by atoms with E-state index in [2.05, 4.69) is 29.8 Å². The summed E-state index contributed by atoms with van der Waals surface area (Å²) in [5, 5.41) is 5.52. The molecule has 0 aliphatic heterocycles. The molecule has 0 spiro atoms. The normalized spacial score (nSPS) is 12.7. The molecule has 0 aromatic heterocycles. The first kappa shape index (κ1) is 28.0. The fourth-order valence-corrected chi connectivity index (χ4v) is 3.65. The van der Waals surface area contributed by atoms with Crippen molar-refractivity contribution in [1.29, 1.82) is 0 Å². The van der Waals surface area contributed by atoms with Crippen molar-refractivity contribution in [2.45, 2.75) is 51.9 Å². The van der Waals surface area contributed by atoms with Crippen LogP contribution in [0.4, 0.5) is 4.79 Å². The number of nitrogens with zero attached hydrogens (tertiary/aromatic N) is 1. The summed E-state index contributed by atoms with van der Waals surface area (Å²) in [7, 11) is 0. The van der Waals surface area contributed by atoms with E-state index in [1.165, 1.54) is 4.90 Å². The fourth-order valence-electron chi connectivity index (χ4n) is 3.40. The summed E-state index contributed by atoms with van der Waals surface area (Å²) in [6, 6.07) is 15.0. The molecule has 0 bridgehead atoms. The lowest BCUT2D eigenvalue weighted by molar-refractivity contribution is -0.141. The standard InChI is InChI=1S/C27H35N3O4S/c1-6-16-30(25(32)22(18-35)29-26(33)34-27(3,4)5)23(21-14-12-19(2)13-15-21)24(31)28-17-20-10-8-7-9-11-20/h6-15,22-23,35H,1,16-18H2,2-5H3,(H,28,31)(H,29,33). The van der Waals surface area contributed by atoms with Crippen molar-refractivity contribution in [3.8, 4) is 0 Å². The van der Waals surface area contributed by atoms with Crippen molar-refractivity contribution in [1.82, 2.24) is 15.5 Å². The molecule has 2 atom stereocenters. The number of ether oxygens (including phenoxy) is 1. The fraction of sp³-hybridized carbons (Fsp3) is 0.370. The highest BCUT2D eigenvalue weighted by molar-refractivity contribution is 7.80. The summed E-state index contributed by atoms with van der Waals surface area (Å²) < 4.78 is 5.30. The van der Waals surface area contributed by atoms with E-state index < -0.39 is 29.7 Å². The van der Waals surface area contributed by atoms with Gasteiger partial charge in [-0.05, 0) is 38.8 Å². The number of benzene rings is 2. The molecular weight excluding hydrogens is 462 g/mol. The smallest absolute Gasteiger partial charge is 0.408 e. The molecule has 2 unspecified atom stereocenters. The molecule has 2 aromatic rings. The zero-order valence-electron chi connectivity index (χ0n) is 20.8. The van der Waals surface area contributed by atoms with Gasteiger partial charge in [0.2, 0.25) is 11.8 Å². The molecule has 7 nitrogen and oxygen atoms in total. The Morgan fingerprint density at radius 2 is 1.71 bits per heavy atom. The van der Waals surface area contributed by atoms with E-state index in [4.69, 9.17) is 4.74 Å². The highest BCUT2D eigenvalue weighted by Gasteiger charge is 2.35. The largest absolute Gasteiger partial charge is 0.444 e. The first-order valence-corrected chi connectivity index (χ1v) is 12.1. The number of carbonyl (C=O) groups is 3. The third-order valence-corrected chi connectivity index (χ3v) is 5.41. The number of hydrogen-bond donors (Lipinski definition) is 3. The van der Waals surface area contributed by atoms with E-state index >= 15 is 0 Å². The Morgan fingerprint density at radius 1 is 1.09 bits per heavy atom. The van der Waals surface area contributed by atoms with Crippen LogP contribution < -0.4 is 10.6 Å². The number of rotatable bonds is 10. The molecular formula is C27H35N3O4S. The minimum atomic E-state index is -0.997. The first-order valence-electron chi connectivity index (χ1n) is 11.5. The van der Waals surface area contributed by atoms with Gasteiger partial charge in [0.25, 0.3) is 0 Å². The Labute approximate surface area is 213 Å². The van der Waals surface area contributed by atoms with Gasteiger partial charge in [-0.3, -0.25) is 9.59 Å². The second kappa shape index (κ2) is 13.0. The van der Waals surface area contributed by atoms with Crippen molar-refractivity contribution < 1.29 is 19.1 Å². The van der Waals surface area contributed by atoms with Crippen molar-refractivity contribution in [2.75, 3.05) is 12.3 Å². The van der Waals surface area contributed by atoms with E-state index in [-0.39, 0.29) is 18.2 Å². The summed E-state index contributed by atoms with van der Waals surface area (Å²) in [6.07, 6.45) is 0.816. The number of thiol groups is 1. The maximum atomic E-state index is 13.6. The zero-order valence-corrected chi connectivity index (χ0v) is 21.7. The molecule has 0 heterocycles. The van der Waals surface area contributed by atoms with Crippen LogP contribution in [0.1, 0.15) is 43.5 Å². The van der Waals surface area contributed by atoms with Crippen LogP contribution in [-0.2, 0) is 20.9 Å². The second-order valence-electron chi connectivity index (χ2n) is 9.18. The maximum Gasteiger partial charge on any atom is 0.408 e. The quantitative estimate of drug-likeness (QED) is 0.339. The van der Waals surface area contributed by atoms with Gasteiger partial charge in [0.05, 0.1) is 0 Å². The number of nitrogens with one attached hydrogen (secondary N) is 2. The molecule has 0 radical (unpaired) electrons. The van der Waals surface area contributed by atoms with Crippen LogP contribution in [-0.4, -0.2) is 46.7 Å². The third-order valence-electron chi connectivity index (χ3n) is 5.04. The van der Waals surface area contributed by atoms with E-state index in [0.717, 1.165) is 11.1 Å². The summed E-state index contributed by atoms with van der Waals surface area (Å²) in [5.74, 6) is -0.785. The number of alkyl carbamates (subject to hydrolysis) is 1. The molecule has 2 N–H and O–H groups in total. The third kappa shape index (κ3) is 8.79. The molecule has 0 fully saturated rings. The summed E-state index contributed by atoms with van der Waals surface area (Å²) in [6.45, 7) is 11.3. The Hall–Kier alpha value is -3.26. The molecule has 0 aliphatic carbocycles. The van der Waals surface area contributed by atoms with Gasteiger partial charge < -0.3 is 20.3 Å². The molecule has 8 heteroatoms. The lowest BCUT2D eigenvalue weighted by Gasteiger charge is -2.33. The van der Waals surface area contributed by atoms with Crippen LogP contribution in [0.5, 0.6) is 0 Å². The van der Waals surface area contributed by atoms with Crippen molar-refractivity contribution in [3.05, 3.63) is 83.9 Å². The van der Waals surface area contributed by atoms with Crippen LogP contribution in [0, 0.1) is 6.92 Å². The minimum Gasteiger partial charge on any atom is -0.444 e. The Morgan fingerprint density at radius 3 is 2.26 bits per heavy atom. The Balaban J connectivity index is 2.35. The van der Waals surface area contributed by atoms with Gasteiger partial charge in [-0.25, -0.2) is 4.79 Å². The molecule has 2 rings (SSSR count). The number of amides is 3. The van der Waals surface area contributed by atoms with Crippen molar-refractivity contribution in [3.63, 3.8) is 0 Å². The minimum absolute atomic E-state index is 0.0258. The van der Waals surface area contributed by atoms with Gasteiger partial charge >= 0.3 is 6.09 Å². The summed E-state index contributed by atoms with van der Waals surface area (Å²) >= 11 is 4.27. The molecule has 0 saturated heterocycles. The molecule has 3 amide bonds. The number of carbonyl (C=O) groups excluding carboxylic acids is 3. The Bertz CT molecular complexity index is 1000. The average molecular weight is 498 g/mol. The van der Waals surface area contributed by atoms with Crippen LogP contribution in [0.3, 0.4) is 0 Å². The van der Waals surface area contributed by atoms with Crippen LogP contribution in [0.25, 0.3) is 0 Å². The predicted octanol–water partition coefficient (Wildman–Crippen LogP) is 4.19. The van der Waals surface area contributed by atoms with E-state index in [1.54, 1.807) is 26.8 Å². The first-order chi connectivity index (χ1) is 16.6. The van der Waals surface area contributed by atoms with E-state index in [1.807, 2.05) is 61.5 Å². The van der Waals surface area contributed by atoms with Crippen LogP contribution in [0.15, 0.2) is 67.3 Å². The highest BCUT2D eigenvalue weighted by Crippen LogP contribution is 2.23. The lowest BCUT2D eigenvalue weighted by Crippen LogP contribution is -2.53. The topological polar surface area (TPSA) is 87.7 Å². The number of hydrogen-bond acceptors (Lipinski definition) is 5. The lowest BCUT2D eigenvalue weighted by atomic mass is 10.0. The summed E-state index contributed by atoms with van der Waals surface area (Å²) in [5.41, 5.74) is 1.88. The molecule has 35 heavy (non-hydrogen) atoms. The van der Waals surface area contributed by atoms with E-state index in [9.17, 15) is 14.4 Å². The molecule has 0 saturated carbocycles. The van der Waals surface area contributed by atoms with Gasteiger partial charge in [0.15, 0.2) is 0 Å². The monoisotopic (exact) mass is 497 g/mol. The van der Waals surface area contributed by atoms with Gasteiger partial charge in [-0.15, -0.1) is 6.58 Å². The van der Waals surface area contributed by atoms with Gasteiger partial charge in [-0.1, -0.05) is 66.2 Å². The number of aryl methyl sites for hydroxylation is 1. The average Bonchev–Trinajstić information content (AvgIpc) is 2.81. The Kier molecular flexibility index (Phi) is 10.4. The van der Waals surface area contributed by atoms with E-state index in [0.29, 0.717) is 12.1 Å². The van der Waals surface area contributed by atoms with Crippen LogP contribution in [0.2, 0.25) is 0 Å². The molecule has 2 aromatic carbocycles. The SMILES string of the molecule is C=CCN(C(=O)C(CS)NC(=O)OC(C)(C)C)C(C(=O)NCc1ccccc1)c1ccc(C)cc1. The van der Waals surface area contributed by atoms with Gasteiger partial charge in [-0.2, -0.15) is 12.6 Å². The molecule has 188 valence electrons. The predicted molar refractivity (Wildman–Crippen MR) is 141 cm³/mol. The molecule has 0 aliphatic rings. The highest BCUT2D eigenvalue weighted by atomic mass is 32.1. The van der Waals surface area contributed by atoms with Gasteiger partial charge in [0, 0.05) is 18.8 Å². The van der Waals surface area contributed by atoms with Gasteiger partial charge in [0.1, 0.15) is 17.7 Å². The van der Waals surface area contributed by atoms with Crippen molar-refractivity contribution >= 4 is 30.5 Å². The van der Waals surface area contributed by atoms with Crippen LogP contribution >= 0.6 is 12.6 Å². The summed E-state index contributed by atoms with van der Waals surface area (Å²) in [4.78, 5) is 40.8. The van der Waals surface area contributed by atoms with Crippen molar-refractivity contribution in [2.24, 2.45) is 0 Å². The second-order valence-corrected chi connectivity index (χ2v) is 9.54.